The van der Waals surface area contributed by atoms with Gasteiger partial charge in [0, 0.05) is 31.7 Å². The van der Waals surface area contributed by atoms with Crippen molar-refractivity contribution in [1.82, 2.24) is 18.6 Å². The number of methoxy groups -OCH3 is 2. The Balaban J connectivity index is 1.36. The molecule has 9 nitrogen and oxygen atoms in total. The van der Waals surface area contributed by atoms with Crippen LogP contribution < -0.4 is 14.4 Å². The third kappa shape index (κ3) is 4.06. The Morgan fingerprint density at radius 1 is 0.853 bits per heavy atom. The van der Waals surface area contributed by atoms with Gasteiger partial charge in [-0.1, -0.05) is 0 Å². The first-order valence-electron chi connectivity index (χ1n) is 10.6. The van der Waals surface area contributed by atoms with E-state index in [4.69, 9.17) is 9.47 Å². The van der Waals surface area contributed by atoms with E-state index >= 15 is 0 Å². The van der Waals surface area contributed by atoms with Crippen LogP contribution >= 0.6 is 11.5 Å². The van der Waals surface area contributed by atoms with Crippen molar-refractivity contribution >= 4 is 37.6 Å². The molecular weight excluding hydrogens is 474 g/mol. The summed E-state index contributed by atoms with van der Waals surface area (Å²) in [6, 6.07) is 14.2. The number of fused-ring (bicyclic) bond motifs is 1. The van der Waals surface area contributed by atoms with Gasteiger partial charge in [-0.3, -0.25) is 0 Å². The molecule has 11 heteroatoms. The van der Waals surface area contributed by atoms with Gasteiger partial charge < -0.3 is 14.4 Å². The number of nitrogens with zero attached hydrogens (tertiary/aromatic N) is 5. The summed E-state index contributed by atoms with van der Waals surface area (Å²) in [6.07, 6.45) is 1.54. The number of benzene rings is 2. The van der Waals surface area contributed by atoms with Gasteiger partial charge in [-0.15, -0.1) is 0 Å². The third-order valence-electron chi connectivity index (χ3n) is 5.84. The second kappa shape index (κ2) is 9.16. The molecule has 0 amide bonds. The van der Waals surface area contributed by atoms with E-state index in [0.717, 1.165) is 33.0 Å². The molecule has 3 heterocycles. The van der Waals surface area contributed by atoms with Gasteiger partial charge in [0.15, 0.2) is 5.82 Å². The summed E-state index contributed by atoms with van der Waals surface area (Å²) in [4.78, 5) is 11.4. The molecule has 0 spiro atoms. The van der Waals surface area contributed by atoms with Crippen LogP contribution in [0.15, 0.2) is 59.8 Å². The maximum absolute atomic E-state index is 13.1. The molecule has 1 fully saturated rings. The van der Waals surface area contributed by atoms with Gasteiger partial charge in [0.2, 0.25) is 10.0 Å². The number of hydrogen-bond donors (Lipinski definition) is 0. The molecule has 2 aromatic carbocycles. The van der Waals surface area contributed by atoms with Crippen molar-refractivity contribution < 1.29 is 17.9 Å². The summed E-state index contributed by atoms with van der Waals surface area (Å²) in [5, 5.41) is 0. The van der Waals surface area contributed by atoms with Gasteiger partial charge in [-0.2, -0.15) is 8.68 Å². The number of sulfonamides is 1. The average Bonchev–Trinajstić information content (AvgIpc) is 3.33. The van der Waals surface area contributed by atoms with Crippen LogP contribution in [0.2, 0.25) is 0 Å². The fourth-order valence-corrected chi connectivity index (χ4v) is 6.25. The largest absolute Gasteiger partial charge is 0.497 e. The van der Waals surface area contributed by atoms with Crippen LogP contribution in [-0.4, -0.2) is 67.5 Å². The molecule has 4 aromatic rings. The van der Waals surface area contributed by atoms with Crippen molar-refractivity contribution in [1.29, 1.82) is 0 Å². The summed E-state index contributed by atoms with van der Waals surface area (Å²) in [6.45, 7) is 1.78. The van der Waals surface area contributed by atoms with Crippen LogP contribution in [-0.2, 0) is 10.0 Å². The fraction of sp³-hybridized carbons (Fsp3) is 0.261. The van der Waals surface area contributed by atoms with Gasteiger partial charge in [-0.25, -0.2) is 18.4 Å². The van der Waals surface area contributed by atoms with Gasteiger partial charge in [0.25, 0.3) is 0 Å². The lowest BCUT2D eigenvalue weighted by atomic mass is 10.1. The standard InChI is InChI=1S/C23H23N5O4S2/c1-31-17-5-3-16(4-6-17)20-21-22(33-26-20)23(25-15-24-21)27-11-13-28(14-12-27)34(29,30)19-9-7-18(32-2)8-10-19/h3-10,15H,11-14H2,1-2H3. The molecule has 0 atom stereocenters. The van der Waals surface area contributed by atoms with Gasteiger partial charge >= 0.3 is 0 Å². The maximum Gasteiger partial charge on any atom is 0.243 e. The Labute approximate surface area is 201 Å². The summed E-state index contributed by atoms with van der Waals surface area (Å²) in [5.74, 6) is 2.18. The molecule has 1 saturated heterocycles. The highest BCUT2D eigenvalue weighted by molar-refractivity contribution is 7.89. The minimum atomic E-state index is -3.57. The molecule has 0 aliphatic carbocycles. The van der Waals surface area contributed by atoms with Gasteiger partial charge in [0.1, 0.15) is 33.7 Å². The molecule has 0 saturated carbocycles. The SMILES string of the molecule is COc1ccc(-c2nsc3c(N4CCN(S(=O)(=O)c5ccc(OC)cc5)CC4)ncnc23)cc1. The van der Waals surface area contributed by atoms with Crippen molar-refractivity contribution in [2.75, 3.05) is 45.3 Å². The fourth-order valence-electron chi connectivity index (χ4n) is 3.95. The van der Waals surface area contributed by atoms with Crippen molar-refractivity contribution in [3.05, 3.63) is 54.9 Å². The molecule has 5 rings (SSSR count). The second-order valence-corrected chi connectivity index (χ2v) is 10.4. The van der Waals surface area contributed by atoms with Crippen LogP contribution in [0.3, 0.4) is 0 Å². The molecule has 34 heavy (non-hydrogen) atoms. The van der Waals surface area contributed by atoms with Crippen molar-refractivity contribution in [2.24, 2.45) is 0 Å². The topological polar surface area (TPSA) is 97.8 Å². The van der Waals surface area contributed by atoms with Crippen LogP contribution in [0.5, 0.6) is 11.5 Å². The Morgan fingerprint density at radius 3 is 2.09 bits per heavy atom. The van der Waals surface area contributed by atoms with E-state index < -0.39 is 10.0 Å². The van der Waals surface area contributed by atoms with Crippen LogP contribution in [0, 0.1) is 0 Å². The highest BCUT2D eigenvalue weighted by atomic mass is 32.2. The number of hydrogen-bond acceptors (Lipinski definition) is 9. The second-order valence-electron chi connectivity index (χ2n) is 7.70. The summed E-state index contributed by atoms with van der Waals surface area (Å²) < 4.78 is 43.6. The van der Waals surface area contributed by atoms with E-state index in [9.17, 15) is 8.42 Å². The highest BCUT2D eigenvalue weighted by Gasteiger charge is 2.30. The lowest BCUT2D eigenvalue weighted by molar-refractivity contribution is 0.384. The Kier molecular flexibility index (Phi) is 6.07. The summed E-state index contributed by atoms with van der Waals surface area (Å²) in [5.41, 5.74) is 2.53. The van der Waals surface area contributed by atoms with E-state index in [1.807, 2.05) is 24.3 Å². The van der Waals surface area contributed by atoms with Crippen LogP contribution in [0.4, 0.5) is 5.82 Å². The van der Waals surface area contributed by atoms with E-state index in [1.54, 1.807) is 44.8 Å². The lowest BCUT2D eigenvalue weighted by Crippen LogP contribution is -2.48. The van der Waals surface area contributed by atoms with E-state index in [1.165, 1.54) is 15.8 Å². The van der Waals surface area contributed by atoms with Crippen molar-refractivity contribution in [2.45, 2.75) is 4.90 Å². The highest BCUT2D eigenvalue weighted by Crippen LogP contribution is 2.35. The molecule has 176 valence electrons. The van der Waals surface area contributed by atoms with E-state index in [2.05, 4.69) is 19.2 Å². The minimum absolute atomic E-state index is 0.262. The third-order valence-corrected chi connectivity index (χ3v) is 8.58. The number of rotatable bonds is 6. The van der Waals surface area contributed by atoms with Crippen molar-refractivity contribution in [3.63, 3.8) is 0 Å². The molecule has 2 aromatic heterocycles. The van der Waals surface area contributed by atoms with Crippen LogP contribution in [0.1, 0.15) is 0 Å². The predicted octanol–water partition coefficient (Wildman–Crippen LogP) is 3.28. The molecule has 1 aliphatic rings. The molecular formula is C23H23N5O4S2. The zero-order valence-electron chi connectivity index (χ0n) is 18.7. The quantitative estimate of drug-likeness (QED) is 0.400. The van der Waals surface area contributed by atoms with Gasteiger partial charge in [-0.05, 0) is 60.1 Å². The average molecular weight is 498 g/mol. The number of anilines is 1. The summed E-state index contributed by atoms with van der Waals surface area (Å²) >= 11 is 1.35. The minimum Gasteiger partial charge on any atom is -0.497 e. The van der Waals surface area contributed by atoms with E-state index in [0.29, 0.717) is 31.9 Å². The molecule has 0 unspecified atom stereocenters. The zero-order valence-corrected chi connectivity index (χ0v) is 20.3. The van der Waals surface area contributed by atoms with Crippen LogP contribution in [0.25, 0.3) is 21.5 Å². The monoisotopic (exact) mass is 497 g/mol. The number of ether oxygens (including phenoxy) is 2. The normalized spacial score (nSPS) is 14.9. The Morgan fingerprint density at radius 2 is 1.47 bits per heavy atom. The zero-order chi connectivity index (χ0) is 23.7. The molecule has 0 radical (unpaired) electrons. The van der Waals surface area contributed by atoms with Gasteiger partial charge in [0.05, 0.1) is 19.1 Å². The number of aromatic nitrogens is 3. The summed E-state index contributed by atoms with van der Waals surface area (Å²) in [7, 11) is -0.389. The first-order chi connectivity index (χ1) is 16.5. The molecule has 0 bridgehead atoms. The van der Waals surface area contributed by atoms with Crippen molar-refractivity contribution in [3.8, 4) is 22.8 Å². The Hall–Kier alpha value is -3.28. The number of piperazine rings is 1. The maximum atomic E-state index is 13.1. The first-order valence-corrected chi connectivity index (χ1v) is 12.9. The lowest BCUT2D eigenvalue weighted by Gasteiger charge is -2.34. The predicted molar refractivity (Wildman–Crippen MR) is 131 cm³/mol. The molecule has 1 aliphatic heterocycles. The Bertz CT molecular complexity index is 1400. The van der Waals surface area contributed by atoms with E-state index in [-0.39, 0.29) is 4.90 Å². The molecule has 0 N–H and O–H groups in total. The smallest absolute Gasteiger partial charge is 0.243 e. The first kappa shape index (κ1) is 22.5.